The Hall–Kier alpha value is -3.56. The van der Waals surface area contributed by atoms with Crippen molar-refractivity contribution in [2.45, 2.75) is 51.2 Å². The van der Waals surface area contributed by atoms with E-state index in [9.17, 15) is 10.5 Å². The quantitative estimate of drug-likeness (QED) is 0.553. The zero-order chi connectivity index (χ0) is 23.8. The van der Waals surface area contributed by atoms with E-state index in [-0.39, 0.29) is 11.6 Å². The van der Waals surface area contributed by atoms with Crippen LogP contribution < -0.4 is 10.5 Å². The van der Waals surface area contributed by atoms with Crippen molar-refractivity contribution in [1.82, 2.24) is 19.4 Å². The molecule has 9 heteroatoms. The summed E-state index contributed by atoms with van der Waals surface area (Å²) >= 11 is 0. The molecule has 4 rings (SSSR count). The normalized spacial score (nSPS) is 22.0. The molecule has 0 saturated carbocycles. The number of nitrogens with two attached hydrogens (primary N) is 1. The van der Waals surface area contributed by atoms with Crippen molar-refractivity contribution in [1.29, 1.82) is 10.5 Å². The first-order valence-electron chi connectivity index (χ1n) is 11.2. The van der Waals surface area contributed by atoms with Gasteiger partial charge in [0.25, 0.3) is 0 Å². The Morgan fingerprint density at radius 3 is 2.64 bits per heavy atom. The number of ether oxygens (including phenoxy) is 1. The van der Waals surface area contributed by atoms with Crippen LogP contribution in [-0.4, -0.2) is 69.5 Å². The van der Waals surface area contributed by atoms with Crippen LogP contribution in [0.1, 0.15) is 44.7 Å². The maximum atomic E-state index is 9.34. The zero-order valence-electron chi connectivity index (χ0n) is 19.6. The summed E-state index contributed by atoms with van der Waals surface area (Å²) in [5.74, 6) is 0.566. The van der Waals surface area contributed by atoms with E-state index in [1.54, 1.807) is 17.8 Å². The lowest BCUT2D eigenvalue weighted by Gasteiger charge is -2.57. The second kappa shape index (κ2) is 8.76. The molecule has 2 aromatic heterocycles. The van der Waals surface area contributed by atoms with Gasteiger partial charge in [0.1, 0.15) is 22.9 Å². The van der Waals surface area contributed by atoms with Gasteiger partial charge < -0.3 is 15.4 Å². The molecular weight excluding hydrogens is 416 g/mol. The highest BCUT2D eigenvalue weighted by Gasteiger charge is 2.49. The largest absolute Gasteiger partial charge is 0.494 e. The van der Waals surface area contributed by atoms with Gasteiger partial charge in [-0.15, -0.1) is 0 Å². The van der Waals surface area contributed by atoms with Gasteiger partial charge in [-0.05, 0) is 39.7 Å². The van der Waals surface area contributed by atoms with Crippen LogP contribution in [0.5, 0.6) is 5.75 Å². The number of piperidine rings is 1. The smallest absolute Gasteiger partial charge is 0.179 e. The summed E-state index contributed by atoms with van der Waals surface area (Å²) in [5.41, 5.74) is 9.52. The van der Waals surface area contributed by atoms with Crippen LogP contribution in [0, 0.1) is 22.8 Å². The Morgan fingerprint density at radius 2 is 2.06 bits per heavy atom. The number of likely N-dealkylation sites (tertiary alicyclic amines) is 2. The van der Waals surface area contributed by atoms with Gasteiger partial charge in [-0.2, -0.15) is 15.6 Å². The standard InChI is InChI=1S/C24H30N8O/c1-16(29-19-5-7-30(8-6-19)22-14-31(15-27)24(22,2)3)20(11-26)17-9-21(33-4)23-18(10-25)12-28-32(23)13-17/h9,11-13,19,22H,5-8,14,26H2,1-4H3/b20-11+,29-16?/t22-/m1/s1. The third-order valence-corrected chi connectivity index (χ3v) is 7.09. The lowest BCUT2D eigenvalue weighted by molar-refractivity contribution is -0.0570. The Labute approximate surface area is 194 Å². The molecule has 33 heavy (non-hydrogen) atoms. The predicted molar refractivity (Wildman–Crippen MR) is 127 cm³/mol. The first kappa shape index (κ1) is 22.6. The molecule has 9 nitrogen and oxygen atoms in total. The summed E-state index contributed by atoms with van der Waals surface area (Å²) in [6, 6.07) is 4.66. The molecule has 2 saturated heterocycles. The van der Waals surface area contributed by atoms with E-state index in [0.717, 1.165) is 49.3 Å². The topological polar surface area (TPSA) is 119 Å². The maximum Gasteiger partial charge on any atom is 0.179 e. The van der Waals surface area contributed by atoms with Crippen molar-refractivity contribution < 1.29 is 4.74 Å². The molecule has 2 aromatic rings. The SMILES string of the molecule is COc1cc(/C(=C/N)C(C)=NC2CCN([C@@H]3CN(C#N)C3(C)C)CC2)cn2ncc(C#N)c12. The van der Waals surface area contributed by atoms with E-state index >= 15 is 0 Å². The number of aliphatic imine (C=N–C) groups is 1. The van der Waals surface area contributed by atoms with Crippen LogP contribution in [0.25, 0.3) is 11.1 Å². The number of aromatic nitrogens is 2. The van der Waals surface area contributed by atoms with E-state index in [1.165, 1.54) is 6.20 Å². The van der Waals surface area contributed by atoms with E-state index in [4.69, 9.17) is 15.5 Å². The number of nitriles is 2. The maximum absolute atomic E-state index is 9.34. The molecule has 0 spiro atoms. The van der Waals surface area contributed by atoms with Crippen LogP contribution in [0.3, 0.4) is 0 Å². The number of hydrogen-bond acceptors (Lipinski definition) is 8. The van der Waals surface area contributed by atoms with Crippen LogP contribution in [-0.2, 0) is 0 Å². The third kappa shape index (κ3) is 3.90. The van der Waals surface area contributed by atoms with Crippen molar-refractivity contribution in [3.05, 3.63) is 35.8 Å². The van der Waals surface area contributed by atoms with Gasteiger partial charge in [0.05, 0.1) is 30.9 Å². The number of fused-ring (bicyclic) bond motifs is 1. The lowest BCUT2D eigenvalue weighted by atomic mass is 9.81. The van der Waals surface area contributed by atoms with Gasteiger partial charge in [0, 0.05) is 48.9 Å². The number of hydrogen-bond donors (Lipinski definition) is 1. The lowest BCUT2D eigenvalue weighted by Crippen LogP contribution is -2.72. The van der Waals surface area contributed by atoms with Crippen molar-refractivity contribution >= 4 is 16.8 Å². The molecule has 0 amide bonds. The van der Waals surface area contributed by atoms with E-state index < -0.39 is 0 Å². The Morgan fingerprint density at radius 1 is 1.33 bits per heavy atom. The minimum absolute atomic E-state index is 0.105. The summed E-state index contributed by atoms with van der Waals surface area (Å²) in [6.07, 6.45) is 9.18. The van der Waals surface area contributed by atoms with Gasteiger partial charge in [-0.1, -0.05) is 0 Å². The Balaban J connectivity index is 1.49. The first-order valence-corrected chi connectivity index (χ1v) is 11.2. The average Bonchev–Trinajstić information content (AvgIpc) is 3.23. The molecule has 0 aliphatic carbocycles. The van der Waals surface area contributed by atoms with Crippen LogP contribution in [0.2, 0.25) is 0 Å². The second-order valence-electron chi connectivity index (χ2n) is 9.20. The minimum atomic E-state index is -0.105. The molecule has 1 atom stereocenters. The molecule has 0 radical (unpaired) electrons. The van der Waals surface area contributed by atoms with Crippen molar-refractivity contribution in [2.24, 2.45) is 10.7 Å². The zero-order valence-corrected chi connectivity index (χ0v) is 19.6. The summed E-state index contributed by atoms with van der Waals surface area (Å²) < 4.78 is 7.17. The van der Waals surface area contributed by atoms with E-state index in [0.29, 0.717) is 22.9 Å². The number of rotatable bonds is 5. The molecule has 0 unspecified atom stereocenters. The second-order valence-corrected chi connectivity index (χ2v) is 9.20. The average molecular weight is 447 g/mol. The van der Waals surface area contributed by atoms with Crippen LogP contribution in [0.15, 0.2) is 29.7 Å². The molecule has 2 fully saturated rings. The van der Waals surface area contributed by atoms with Crippen molar-refractivity contribution in [3.8, 4) is 18.0 Å². The summed E-state index contributed by atoms with van der Waals surface area (Å²) in [5, 5.41) is 22.9. The first-order chi connectivity index (χ1) is 15.8. The molecule has 172 valence electrons. The fourth-order valence-electron chi connectivity index (χ4n) is 5.00. The Kier molecular flexibility index (Phi) is 6.01. The molecule has 0 bridgehead atoms. The number of nitrogens with zero attached hydrogens (tertiary/aromatic N) is 7. The van der Waals surface area contributed by atoms with Gasteiger partial charge in [-0.3, -0.25) is 9.89 Å². The van der Waals surface area contributed by atoms with Gasteiger partial charge in [0.2, 0.25) is 0 Å². The monoisotopic (exact) mass is 446 g/mol. The fraction of sp³-hybridized carbons (Fsp3) is 0.500. The van der Waals surface area contributed by atoms with Gasteiger partial charge in [-0.25, -0.2) is 4.52 Å². The van der Waals surface area contributed by atoms with Crippen molar-refractivity contribution in [2.75, 3.05) is 26.7 Å². The summed E-state index contributed by atoms with van der Waals surface area (Å²) in [7, 11) is 1.58. The van der Waals surface area contributed by atoms with Gasteiger partial charge >= 0.3 is 0 Å². The van der Waals surface area contributed by atoms with Crippen molar-refractivity contribution in [3.63, 3.8) is 0 Å². The van der Waals surface area contributed by atoms with Crippen LogP contribution >= 0.6 is 0 Å². The van der Waals surface area contributed by atoms with Gasteiger partial charge in [0.15, 0.2) is 6.19 Å². The number of methoxy groups -OCH3 is 1. The molecule has 0 aromatic carbocycles. The molecular formula is C24H30N8O. The summed E-state index contributed by atoms with van der Waals surface area (Å²) in [6.45, 7) is 9.01. The Bertz CT molecular complexity index is 1190. The highest BCUT2D eigenvalue weighted by molar-refractivity contribution is 6.22. The molecule has 4 heterocycles. The highest BCUT2D eigenvalue weighted by atomic mass is 16.5. The summed E-state index contributed by atoms with van der Waals surface area (Å²) in [4.78, 5) is 9.36. The predicted octanol–water partition coefficient (Wildman–Crippen LogP) is 2.38. The minimum Gasteiger partial charge on any atom is -0.494 e. The molecule has 2 N–H and O–H groups in total. The highest BCUT2D eigenvalue weighted by Crippen LogP contribution is 2.35. The van der Waals surface area contributed by atoms with Crippen LogP contribution in [0.4, 0.5) is 0 Å². The fourth-order valence-corrected chi connectivity index (χ4v) is 5.00. The third-order valence-electron chi connectivity index (χ3n) is 7.09. The number of pyridine rings is 1. The molecule has 2 aliphatic heterocycles. The van der Waals surface area contributed by atoms with E-state index in [1.807, 2.05) is 24.1 Å². The molecule has 2 aliphatic rings. The van der Waals surface area contributed by atoms with E-state index in [2.05, 4.69) is 36.1 Å². The number of allylic oxidation sites excluding steroid dienone is 1.